The number of amides is 1. The minimum absolute atomic E-state index is 0.225. The lowest BCUT2D eigenvalue weighted by molar-refractivity contribution is 0.0945. The van der Waals surface area contributed by atoms with Gasteiger partial charge in [0, 0.05) is 30.7 Å². The van der Waals surface area contributed by atoms with Crippen LogP contribution in [0, 0.1) is 6.92 Å². The smallest absolute Gasteiger partial charge is 0.270 e. The summed E-state index contributed by atoms with van der Waals surface area (Å²) in [5.74, 6) is 1.09. The first-order valence-electron chi connectivity index (χ1n) is 9.22. The van der Waals surface area contributed by atoms with Gasteiger partial charge in [0.05, 0.1) is 0 Å². The second kappa shape index (κ2) is 9.33. The largest absolute Gasteiger partial charge is 0.352 e. The highest BCUT2D eigenvalue weighted by molar-refractivity contribution is 6.30. The molecule has 0 saturated carbocycles. The predicted octanol–water partition coefficient (Wildman–Crippen LogP) is 4.39. The predicted molar refractivity (Wildman–Crippen MR) is 113 cm³/mol. The van der Waals surface area contributed by atoms with E-state index in [0.717, 1.165) is 24.5 Å². The first-order valence-corrected chi connectivity index (χ1v) is 9.60. The van der Waals surface area contributed by atoms with Crippen LogP contribution in [0.5, 0.6) is 0 Å². The summed E-state index contributed by atoms with van der Waals surface area (Å²) in [7, 11) is 0. The lowest BCUT2D eigenvalue weighted by atomic mass is 10.2. The Morgan fingerprint density at radius 1 is 1.04 bits per heavy atom. The van der Waals surface area contributed by atoms with Gasteiger partial charge in [0.15, 0.2) is 0 Å². The van der Waals surface area contributed by atoms with Gasteiger partial charge >= 0.3 is 0 Å². The van der Waals surface area contributed by atoms with Crippen molar-refractivity contribution in [2.24, 2.45) is 0 Å². The number of hydrogen-bond donors (Lipinski definition) is 1. The van der Waals surface area contributed by atoms with E-state index in [0.29, 0.717) is 23.1 Å². The van der Waals surface area contributed by atoms with Crippen LogP contribution < -0.4 is 10.2 Å². The monoisotopic (exact) mass is 394 g/mol. The van der Waals surface area contributed by atoms with Gasteiger partial charge in [-0.05, 0) is 37.1 Å². The summed E-state index contributed by atoms with van der Waals surface area (Å²) in [5, 5.41) is 3.58. The van der Waals surface area contributed by atoms with Gasteiger partial charge in [-0.25, -0.2) is 9.97 Å². The number of nitrogens with zero attached hydrogens (tertiary/aromatic N) is 3. The van der Waals surface area contributed by atoms with E-state index in [1.165, 1.54) is 5.56 Å². The van der Waals surface area contributed by atoms with Gasteiger partial charge in [-0.3, -0.25) is 4.79 Å². The van der Waals surface area contributed by atoms with E-state index in [9.17, 15) is 4.79 Å². The second-order valence-electron chi connectivity index (χ2n) is 6.47. The highest BCUT2D eigenvalue weighted by atomic mass is 35.5. The third kappa shape index (κ3) is 5.30. The molecular formula is C22H23ClN4O. The number of carbonyl (C=O) groups excluding carboxylic acids is 1. The van der Waals surface area contributed by atoms with Gasteiger partial charge in [0.1, 0.15) is 17.3 Å². The molecule has 0 aliphatic rings. The SMILES string of the molecule is CCN(Cc1ccccc1)c1cc(C(=O)NCc2ccc(Cl)cc2)nc(C)n1. The fourth-order valence-electron chi connectivity index (χ4n) is 2.86. The Morgan fingerprint density at radius 2 is 1.75 bits per heavy atom. The molecule has 6 heteroatoms. The van der Waals surface area contributed by atoms with Crippen LogP contribution in [0.1, 0.15) is 34.4 Å². The molecule has 0 saturated heterocycles. The molecule has 0 aliphatic heterocycles. The molecular weight excluding hydrogens is 372 g/mol. The zero-order valence-electron chi connectivity index (χ0n) is 16.0. The van der Waals surface area contributed by atoms with Gasteiger partial charge in [0.2, 0.25) is 0 Å². The molecule has 0 fully saturated rings. The standard InChI is InChI=1S/C22H23ClN4O/c1-3-27(15-18-7-5-4-6-8-18)21-13-20(25-16(2)26-21)22(28)24-14-17-9-11-19(23)12-10-17/h4-13H,3,14-15H2,1-2H3,(H,24,28). The van der Waals surface area contributed by atoms with E-state index in [1.807, 2.05) is 30.3 Å². The Bertz CT molecular complexity index is 929. The number of benzene rings is 2. The maximum Gasteiger partial charge on any atom is 0.270 e. The van der Waals surface area contributed by atoms with E-state index in [-0.39, 0.29) is 5.91 Å². The van der Waals surface area contributed by atoms with Crippen molar-refractivity contribution in [3.8, 4) is 0 Å². The molecule has 0 bridgehead atoms. The van der Waals surface area contributed by atoms with Crippen LogP contribution in [0.2, 0.25) is 5.02 Å². The molecule has 5 nitrogen and oxygen atoms in total. The van der Waals surface area contributed by atoms with Crippen molar-refractivity contribution >= 4 is 23.3 Å². The van der Waals surface area contributed by atoms with Crippen LogP contribution in [0.25, 0.3) is 0 Å². The Morgan fingerprint density at radius 3 is 2.43 bits per heavy atom. The van der Waals surface area contributed by atoms with Crippen molar-refractivity contribution in [1.29, 1.82) is 0 Å². The normalized spacial score (nSPS) is 10.5. The third-order valence-electron chi connectivity index (χ3n) is 4.35. The second-order valence-corrected chi connectivity index (χ2v) is 6.90. The molecule has 3 rings (SSSR count). The highest BCUT2D eigenvalue weighted by Gasteiger charge is 2.14. The van der Waals surface area contributed by atoms with Gasteiger partial charge < -0.3 is 10.2 Å². The molecule has 1 N–H and O–H groups in total. The Hall–Kier alpha value is -2.92. The molecule has 0 unspecified atom stereocenters. The maximum absolute atomic E-state index is 12.6. The van der Waals surface area contributed by atoms with Crippen LogP contribution in [0.4, 0.5) is 5.82 Å². The third-order valence-corrected chi connectivity index (χ3v) is 4.60. The number of nitrogens with one attached hydrogen (secondary N) is 1. The number of rotatable bonds is 7. The molecule has 2 aromatic carbocycles. The molecule has 144 valence electrons. The molecule has 3 aromatic rings. The molecule has 1 amide bonds. The number of halogens is 1. The van der Waals surface area contributed by atoms with Gasteiger partial charge in [-0.2, -0.15) is 0 Å². The van der Waals surface area contributed by atoms with Crippen molar-refractivity contribution in [1.82, 2.24) is 15.3 Å². The molecule has 28 heavy (non-hydrogen) atoms. The Labute approximate surface area is 170 Å². The Balaban J connectivity index is 1.73. The van der Waals surface area contributed by atoms with Gasteiger partial charge in [-0.1, -0.05) is 54.1 Å². The highest BCUT2D eigenvalue weighted by Crippen LogP contribution is 2.16. The molecule has 0 aliphatic carbocycles. The van der Waals surface area contributed by atoms with Crippen LogP contribution in [-0.2, 0) is 13.1 Å². The average Bonchev–Trinajstić information content (AvgIpc) is 2.71. The fourth-order valence-corrected chi connectivity index (χ4v) is 2.99. The number of carbonyl (C=O) groups is 1. The van der Waals surface area contributed by atoms with Gasteiger partial charge in [-0.15, -0.1) is 0 Å². The van der Waals surface area contributed by atoms with Crippen molar-refractivity contribution in [3.05, 3.63) is 88.3 Å². The fraction of sp³-hybridized carbons (Fsp3) is 0.227. The molecule has 1 heterocycles. The zero-order chi connectivity index (χ0) is 19.9. The van der Waals surface area contributed by atoms with Crippen molar-refractivity contribution < 1.29 is 4.79 Å². The summed E-state index contributed by atoms with van der Waals surface area (Å²) in [6, 6.07) is 19.3. The van der Waals surface area contributed by atoms with E-state index < -0.39 is 0 Å². The van der Waals surface area contributed by atoms with Crippen molar-refractivity contribution in [2.45, 2.75) is 26.9 Å². The molecule has 0 spiro atoms. The summed E-state index contributed by atoms with van der Waals surface area (Å²) >= 11 is 5.90. The van der Waals surface area contributed by atoms with E-state index in [1.54, 1.807) is 25.1 Å². The lowest BCUT2D eigenvalue weighted by Gasteiger charge is -2.22. The van der Waals surface area contributed by atoms with E-state index >= 15 is 0 Å². The molecule has 0 radical (unpaired) electrons. The maximum atomic E-state index is 12.6. The summed E-state index contributed by atoms with van der Waals surface area (Å²) in [4.78, 5) is 23.6. The number of aryl methyl sites for hydroxylation is 1. The zero-order valence-corrected chi connectivity index (χ0v) is 16.8. The first kappa shape index (κ1) is 19.8. The number of anilines is 1. The first-order chi connectivity index (χ1) is 13.5. The lowest BCUT2D eigenvalue weighted by Crippen LogP contribution is -2.27. The minimum atomic E-state index is -0.225. The quantitative estimate of drug-likeness (QED) is 0.645. The summed E-state index contributed by atoms with van der Waals surface area (Å²) < 4.78 is 0. The van der Waals surface area contributed by atoms with Crippen molar-refractivity contribution in [3.63, 3.8) is 0 Å². The average molecular weight is 395 g/mol. The number of hydrogen-bond acceptors (Lipinski definition) is 4. The summed E-state index contributed by atoms with van der Waals surface area (Å²) in [6.07, 6.45) is 0. The number of aromatic nitrogens is 2. The van der Waals surface area contributed by atoms with Crippen LogP contribution in [0.15, 0.2) is 60.7 Å². The minimum Gasteiger partial charge on any atom is -0.352 e. The van der Waals surface area contributed by atoms with E-state index in [2.05, 4.69) is 39.2 Å². The van der Waals surface area contributed by atoms with E-state index in [4.69, 9.17) is 11.6 Å². The Kier molecular flexibility index (Phi) is 6.61. The molecule has 1 aromatic heterocycles. The van der Waals surface area contributed by atoms with Crippen LogP contribution >= 0.6 is 11.6 Å². The molecule has 0 atom stereocenters. The topological polar surface area (TPSA) is 58.1 Å². The van der Waals surface area contributed by atoms with Gasteiger partial charge in [0.25, 0.3) is 5.91 Å². The van der Waals surface area contributed by atoms with Crippen LogP contribution in [0.3, 0.4) is 0 Å². The van der Waals surface area contributed by atoms with Crippen LogP contribution in [-0.4, -0.2) is 22.4 Å². The summed E-state index contributed by atoms with van der Waals surface area (Å²) in [5.41, 5.74) is 2.53. The van der Waals surface area contributed by atoms with Crippen molar-refractivity contribution in [2.75, 3.05) is 11.4 Å². The summed E-state index contributed by atoms with van der Waals surface area (Å²) in [6.45, 7) is 5.78.